The van der Waals surface area contributed by atoms with Gasteiger partial charge in [-0.3, -0.25) is 9.59 Å². The first-order chi connectivity index (χ1) is 14.8. The largest absolute Gasteiger partial charge is 0.417 e. The number of rotatable bonds is 4. The summed E-state index contributed by atoms with van der Waals surface area (Å²) < 4.78 is 39.8. The molecule has 3 aromatic rings. The molecule has 1 aliphatic heterocycles. The smallest absolute Gasteiger partial charge is 0.353 e. The van der Waals surface area contributed by atoms with Crippen molar-refractivity contribution in [1.82, 2.24) is 15.2 Å². The van der Waals surface area contributed by atoms with E-state index in [-0.39, 0.29) is 24.6 Å². The van der Waals surface area contributed by atoms with Crippen LogP contribution >= 0.6 is 0 Å². The summed E-state index contributed by atoms with van der Waals surface area (Å²) >= 11 is 0. The van der Waals surface area contributed by atoms with E-state index in [1.54, 1.807) is 6.07 Å². The number of aromatic amines is 1. The lowest BCUT2D eigenvalue weighted by molar-refractivity contribution is -0.138. The van der Waals surface area contributed by atoms with Gasteiger partial charge in [0.25, 0.3) is 11.8 Å². The number of benzene rings is 2. The van der Waals surface area contributed by atoms with Gasteiger partial charge in [-0.25, -0.2) is 0 Å². The highest BCUT2D eigenvalue weighted by Crippen LogP contribution is 2.33. The number of hydrogen-bond donors (Lipinski definition) is 2. The molecule has 0 bridgehead atoms. The summed E-state index contributed by atoms with van der Waals surface area (Å²) in [4.78, 5) is 29.7. The van der Waals surface area contributed by atoms with Crippen molar-refractivity contribution >= 4 is 11.8 Å². The van der Waals surface area contributed by atoms with E-state index < -0.39 is 17.6 Å². The number of hydrogen-bond acceptors (Lipinski definition) is 2. The molecule has 1 aromatic heterocycles. The molecule has 1 aliphatic rings. The topological polar surface area (TPSA) is 65.2 Å². The molecule has 0 atom stereocenters. The van der Waals surface area contributed by atoms with Crippen molar-refractivity contribution in [3.63, 3.8) is 0 Å². The average molecular weight is 427 g/mol. The Bertz CT molecular complexity index is 1110. The second-order valence-electron chi connectivity index (χ2n) is 7.38. The third kappa shape index (κ3) is 4.47. The number of amides is 2. The molecule has 2 aromatic carbocycles. The molecular weight excluding hydrogens is 407 g/mol. The SMILES string of the molecule is O=C(NCc1ccccc1)c1cc2c([nH]1)CN(C(=O)c1ccccc1C(F)(F)F)CC2. The highest BCUT2D eigenvalue weighted by molar-refractivity contribution is 5.96. The van der Waals surface area contributed by atoms with Gasteiger partial charge >= 0.3 is 6.18 Å². The van der Waals surface area contributed by atoms with Crippen LogP contribution < -0.4 is 5.32 Å². The number of H-pyrrole nitrogens is 1. The summed E-state index contributed by atoms with van der Waals surface area (Å²) in [5.74, 6) is -0.957. The van der Waals surface area contributed by atoms with Crippen molar-refractivity contribution in [2.24, 2.45) is 0 Å². The van der Waals surface area contributed by atoms with Crippen LogP contribution in [0.4, 0.5) is 13.2 Å². The number of nitrogens with one attached hydrogen (secondary N) is 2. The molecule has 4 rings (SSSR count). The zero-order valence-corrected chi connectivity index (χ0v) is 16.5. The Hall–Kier alpha value is -3.55. The van der Waals surface area contributed by atoms with Crippen molar-refractivity contribution < 1.29 is 22.8 Å². The minimum absolute atomic E-state index is 0.117. The van der Waals surface area contributed by atoms with Gasteiger partial charge in [-0.1, -0.05) is 42.5 Å². The molecule has 0 radical (unpaired) electrons. The number of fused-ring (bicyclic) bond motifs is 1. The molecule has 5 nitrogen and oxygen atoms in total. The van der Waals surface area contributed by atoms with E-state index in [2.05, 4.69) is 10.3 Å². The Labute approximate surface area is 176 Å². The fourth-order valence-corrected chi connectivity index (χ4v) is 3.69. The third-order valence-corrected chi connectivity index (χ3v) is 5.28. The molecule has 160 valence electrons. The molecule has 0 saturated heterocycles. The van der Waals surface area contributed by atoms with Crippen LogP contribution in [-0.4, -0.2) is 28.2 Å². The molecule has 2 amide bonds. The predicted octanol–water partition coefficient (Wildman–Crippen LogP) is 4.16. The zero-order valence-electron chi connectivity index (χ0n) is 16.5. The number of aromatic nitrogens is 1. The molecule has 0 aliphatic carbocycles. The van der Waals surface area contributed by atoms with Gasteiger partial charge in [0.05, 0.1) is 17.7 Å². The lowest BCUT2D eigenvalue weighted by Crippen LogP contribution is -2.36. The summed E-state index contributed by atoms with van der Waals surface area (Å²) in [6.07, 6.45) is -4.15. The summed E-state index contributed by atoms with van der Waals surface area (Å²) in [6.45, 7) is 0.773. The van der Waals surface area contributed by atoms with Crippen LogP contribution in [0.3, 0.4) is 0 Å². The highest BCUT2D eigenvalue weighted by Gasteiger charge is 2.36. The zero-order chi connectivity index (χ0) is 22.0. The van der Waals surface area contributed by atoms with Crippen LogP contribution in [0.1, 0.15) is 43.2 Å². The Kier molecular flexibility index (Phi) is 5.54. The van der Waals surface area contributed by atoms with Crippen molar-refractivity contribution in [2.45, 2.75) is 25.7 Å². The lowest BCUT2D eigenvalue weighted by Gasteiger charge is -2.28. The first-order valence-electron chi connectivity index (χ1n) is 9.81. The van der Waals surface area contributed by atoms with Gasteiger partial charge in [0.2, 0.25) is 0 Å². The monoisotopic (exact) mass is 427 g/mol. The van der Waals surface area contributed by atoms with Gasteiger partial charge in [0, 0.05) is 18.8 Å². The molecule has 2 N–H and O–H groups in total. The first kappa shape index (κ1) is 20.7. The van der Waals surface area contributed by atoms with Gasteiger partial charge in [-0.2, -0.15) is 13.2 Å². The van der Waals surface area contributed by atoms with Gasteiger partial charge < -0.3 is 15.2 Å². The van der Waals surface area contributed by atoms with E-state index in [4.69, 9.17) is 0 Å². The summed E-state index contributed by atoms with van der Waals surface area (Å²) in [6, 6.07) is 16.0. The highest BCUT2D eigenvalue weighted by atomic mass is 19.4. The summed E-state index contributed by atoms with van der Waals surface area (Å²) in [7, 11) is 0. The number of carbonyl (C=O) groups excluding carboxylic acids is 2. The van der Waals surface area contributed by atoms with Crippen LogP contribution in [-0.2, 0) is 25.7 Å². The second-order valence-corrected chi connectivity index (χ2v) is 7.38. The van der Waals surface area contributed by atoms with E-state index in [0.717, 1.165) is 17.2 Å². The molecule has 0 fully saturated rings. The quantitative estimate of drug-likeness (QED) is 0.657. The third-order valence-electron chi connectivity index (χ3n) is 5.28. The molecule has 2 heterocycles. The molecule has 0 unspecified atom stereocenters. The summed E-state index contributed by atoms with van der Waals surface area (Å²) in [5.41, 5.74) is 1.56. The maximum Gasteiger partial charge on any atom is 0.417 e. The number of nitrogens with zero attached hydrogens (tertiary/aromatic N) is 1. The van der Waals surface area contributed by atoms with E-state index in [1.807, 2.05) is 30.3 Å². The predicted molar refractivity (Wildman–Crippen MR) is 108 cm³/mol. The molecular formula is C23H20F3N3O2. The van der Waals surface area contributed by atoms with E-state index in [9.17, 15) is 22.8 Å². The Morgan fingerprint density at radius 1 is 1.03 bits per heavy atom. The molecule has 0 saturated carbocycles. The standard InChI is InChI=1S/C23H20F3N3O2/c24-23(25,26)18-9-5-4-8-17(18)22(31)29-11-10-16-12-19(28-20(16)14-29)21(30)27-13-15-6-2-1-3-7-15/h1-9,12,28H,10-11,13-14H2,(H,27,30). The van der Waals surface area contributed by atoms with Crippen molar-refractivity contribution in [3.05, 3.63) is 94.3 Å². The molecule has 8 heteroatoms. The Morgan fingerprint density at radius 3 is 2.48 bits per heavy atom. The molecule has 0 spiro atoms. The van der Waals surface area contributed by atoms with E-state index in [1.165, 1.54) is 23.1 Å². The number of carbonyl (C=O) groups is 2. The summed E-state index contributed by atoms with van der Waals surface area (Å²) in [5, 5.41) is 2.83. The number of halogens is 3. The number of alkyl halides is 3. The maximum atomic E-state index is 13.3. The van der Waals surface area contributed by atoms with Crippen LogP contribution in [0, 0.1) is 0 Å². The van der Waals surface area contributed by atoms with Gasteiger partial charge in [-0.15, -0.1) is 0 Å². The normalized spacial score (nSPS) is 13.6. The van der Waals surface area contributed by atoms with Crippen molar-refractivity contribution in [3.8, 4) is 0 Å². The fourth-order valence-electron chi connectivity index (χ4n) is 3.69. The van der Waals surface area contributed by atoms with Gasteiger partial charge in [0.1, 0.15) is 5.69 Å². The van der Waals surface area contributed by atoms with Crippen molar-refractivity contribution in [1.29, 1.82) is 0 Å². The Morgan fingerprint density at radius 2 is 1.74 bits per heavy atom. The minimum Gasteiger partial charge on any atom is -0.353 e. The fraction of sp³-hybridized carbons (Fsp3) is 0.217. The average Bonchev–Trinajstić information content (AvgIpc) is 3.20. The van der Waals surface area contributed by atoms with Gasteiger partial charge in [0.15, 0.2) is 0 Å². The van der Waals surface area contributed by atoms with Crippen LogP contribution in [0.2, 0.25) is 0 Å². The Balaban J connectivity index is 1.47. The van der Waals surface area contributed by atoms with Crippen LogP contribution in [0.25, 0.3) is 0 Å². The second kappa shape index (κ2) is 8.29. The molecule has 31 heavy (non-hydrogen) atoms. The minimum atomic E-state index is -4.61. The van der Waals surface area contributed by atoms with E-state index in [0.29, 0.717) is 24.4 Å². The van der Waals surface area contributed by atoms with Crippen molar-refractivity contribution in [2.75, 3.05) is 6.54 Å². The van der Waals surface area contributed by atoms with Crippen LogP contribution in [0.15, 0.2) is 60.7 Å². The first-order valence-corrected chi connectivity index (χ1v) is 9.81. The van der Waals surface area contributed by atoms with Crippen LogP contribution in [0.5, 0.6) is 0 Å². The van der Waals surface area contributed by atoms with E-state index >= 15 is 0 Å². The lowest BCUT2D eigenvalue weighted by atomic mass is 10.0. The maximum absolute atomic E-state index is 13.3. The van der Waals surface area contributed by atoms with Gasteiger partial charge in [-0.05, 0) is 35.7 Å².